The Labute approximate surface area is 60.1 Å². The second kappa shape index (κ2) is 3.22. The summed E-state index contributed by atoms with van der Waals surface area (Å²) < 4.78 is 4.95. The highest BCUT2D eigenvalue weighted by Crippen LogP contribution is 2.10. The number of rotatable bonds is 2. The molecule has 0 bridgehead atoms. The van der Waals surface area contributed by atoms with Crippen LogP contribution in [0.2, 0.25) is 0 Å². The van der Waals surface area contributed by atoms with Crippen LogP contribution in [-0.2, 0) is 6.61 Å². The summed E-state index contributed by atoms with van der Waals surface area (Å²) in [5, 5.41) is 7.03. The summed E-state index contributed by atoms with van der Waals surface area (Å²) in [7, 11) is 1.63. The molecular weight excluding hydrogens is 128 g/mol. The van der Waals surface area contributed by atoms with E-state index in [1.165, 1.54) is 0 Å². The number of ether oxygens (including phenoxy) is 1. The van der Waals surface area contributed by atoms with Crippen molar-refractivity contribution < 1.29 is 9.84 Å². The molecule has 2 heteroatoms. The van der Waals surface area contributed by atoms with Crippen LogP contribution in [0.25, 0.3) is 0 Å². The summed E-state index contributed by atoms with van der Waals surface area (Å²) in [4.78, 5) is 0. The fraction of sp³-hybridized carbons (Fsp3) is 0.250. The van der Waals surface area contributed by atoms with E-state index in [1.807, 2.05) is 24.3 Å². The van der Waals surface area contributed by atoms with Gasteiger partial charge in [-0.2, -0.15) is 0 Å². The Morgan fingerprint density at radius 3 is 2.30 bits per heavy atom. The Morgan fingerprint density at radius 2 is 1.90 bits per heavy atom. The molecule has 0 unspecified atom stereocenters. The van der Waals surface area contributed by atoms with Crippen LogP contribution < -0.4 is 4.74 Å². The molecule has 0 atom stereocenters. The molecule has 0 amide bonds. The molecular formula is C8H11O2+. The van der Waals surface area contributed by atoms with Crippen molar-refractivity contribution in [2.75, 3.05) is 7.11 Å². The molecule has 2 nitrogen and oxygen atoms in total. The molecule has 1 aromatic rings. The Hall–Kier alpha value is -1.02. The highest BCUT2D eigenvalue weighted by molar-refractivity contribution is 5.26. The first-order valence-electron chi connectivity index (χ1n) is 3.14. The summed E-state index contributed by atoms with van der Waals surface area (Å²) in [6, 6.07) is 7.52. The smallest absolute Gasteiger partial charge is 0.169 e. The van der Waals surface area contributed by atoms with E-state index in [4.69, 9.17) is 9.84 Å². The van der Waals surface area contributed by atoms with E-state index >= 15 is 0 Å². The van der Waals surface area contributed by atoms with Crippen molar-refractivity contribution in [3.05, 3.63) is 29.8 Å². The highest BCUT2D eigenvalue weighted by atomic mass is 16.5. The van der Waals surface area contributed by atoms with Crippen molar-refractivity contribution in [3.8, 4) is 5.75 Å². The molecule has 1 rings (SSSR count). The maximum absolute atomic E-state index is 7.03. The second-order valence-corrected chi connectivity index (χ2v) is 2.02. The molecule has 0 aliphatic carbocycles. The fourth-order valence-electron chi connectivity index (χ4n) is 0.743. The lowest BCUT2D eigenvalue weighted by atomic mass is 10.2. The Kier molecular flexibility index (Phi) is 2.29. The summed E-state index contributed by atoms with van der Waals surface area (Å²) >= 11 is 0. The Balaban J connectivity index is 2.80. The number of hydrogen-bond acceptors (Lipinski definition) is 1. The topological polar surface area (TPSA) is 32.1 Å². The molecule has 0 saturated carbocycles. The standard InChI is InChI=1S/C8H10O2/c1-10-8-4-2-7(6-9)3-5-8/h2-5,9H,6H2,1H3/p+1. The third kappa shape index (κ3) is 1.48. The number of hydrogen-bond donors (Lipinski definition) is 0. The Bertz CT molecular complexity index is 168. The minimum Gasteiger partial charge on any atom is -0.497 e. The summed E-state index contributed by atoms with van der Waals surface area (Å²) in [6.07, 6.45) is 0. The molecule has 1 aromatic carbocycles. The molecule has 0 aromatic heterocycles. The fourth-order valence-corrected chi connectivity index (χ4v) is 0.743. The molecule has 0 aliphatic heterocycles. The van der Waals surface area contributed by atoms with Gasteiger partial charge in [-0.05, 0) is 24.3 Å². The van der Waals surface area contributed by atoms with Gasteiger partial charge in [-0.3, -0.25) is 0 Å². The van der Waals surface area contributed by atoms with Gasteiger partial charge < -0.3 is 9.84 Å². The lowest BCUT2D eigenvalue weighted by Gasteiger charge is -1.97. The van der Waals surface area contributed by atoms with E-state index < -0.39 is 0 Å². The van der Waals surface area contributed by atoms with Crippen LogP contribution in [0.15, 0.2) is 24.3 Å². The monoisotopic (exact) mass is 139 g/mol. The Morgan fingerprint density at radius 1 is 1.30 bits per heavy atom. The molecule has 2 N–H and O–H groups in total. The van der Waals surface area contributed by atoms with Gasteiger partial charge >= 0.3 is 0 Å². The first-order chi connectivity index (χ1) is 4.86. The molecule has 0 saturated heterocycles. The summed E-state index contributed by atoms with van der Waals surface area (Å²) in [5.74, 6) is 0.845. The molecule has 0 spiro atoms. The van der Waals surface area contributed by atoms with Gasteiger partial charge in [0.05, 0.1) is 7.11 Å². The predicted octanol–water partition coefficient (Wildman–Crippen LogP) is 0.920. The van der Waals surface area contributed by atoms with Crippen LogP contribution >= 0.6 is 0 Å². The van der Waals surface area contributed by atoms with Gasteiger partial charge in [-0.1, -0.05) is 0 Å². The van der Waals surface area contributed by atoms with E-state index in [0.717, 1.165) is 11.3 Å². The zero-order valence-electron chi connectivity index (χ0n) is 5.92. The van der Waals surface area contributed by atoms with Crippen molar-refractivity contribution in [3.63, 3.8) is 0 Å². The zero-order chi connectivity index (χ0) is 7.40. The summed E-state index contributed by atoms with van der Waals surface area (Å²) in [5.41, 5.74) is 1.01. The maximum Gasteiger partial charge on any atom is 0.169 e. The molecule has 0 aliphatic rings. The van der Waals surface area contributed by atoms with E-state index in [0.29, 0.717) is 6.61 Å². The highest BCUT2D eigenvalue weighted by Gasteiger charge is 1.92. The summed E-state index contributed by atoms with van der Waals surface area (Å²) in [6.45, 7) is 0.337. The number of methoxy groups -OCH3 is 1. The lowest BCUT2D eigenvalue weighted by Crippen LogP contribution is -1.84. The quantitative estimate of drug-likeness (QED) is 0.561. The van der Waals surface area contributed by atoms with Crippen molar-refractivity contribution in [2.45, 2.75) is 6.61 Å². The van der Waals surface area contributed by atoms with E-state index in [-0.39, 0.29) is 0 Å². The van der Waals surface area contributed by atoms with Crippen LogP contribution in [0, 0.1) is 0 Å². The van der Waals surface area contributed by atoms with E-state index in [9.17, 15) is 0 Å². The van der Waals surface area contributed by atoms with E-state index in [1.54, 1.807) is 7.11 Å². The normalized spacial score (nSPS) is 9.40. The van der Waals surface area contributed by atoms with Gasteiger partial charge in [-0.25, -0.2) is 0 Å². The van der Waals surface area contributed by atoms with Crippen molar-refractivity contribution >= 4 is 0 Å². The predicted molar refractivity (Wildman–Crippen MR) is 40.3 cm³/mol. The lowest BCUT2D eigenvalue weighted by molar-refractivity contribution is 0.281. The first-order valence-corrected chi connectivity index (χ1v) is 3.14. The van der Waals surface area contributed by atoms with Crippen LogP contribution in [0.4, 0.5) is 0 Å². The number of benzene rings is 1. The molecule has 54 valence electrons. The minimum atomic E-state index is 0.337. The molecule has 0 heterocycles. The van der Waals surface area contributed by atoms with Gasteiger partial charge in [0.1, 0.15) is 5.75 Å². The minimum absolute atomic E-state index is 0.337. The van der Waals surface area contributed by atoms with Gasteiger partial charge in [0, 0.05) is 5.56 Å². The van der Waals surface area contributed by atoms with Gasteiger partial charge in [0.25, 0.3) is 0 Å². The van der Waals surface area contributed by atoms with Crippen LogP contribution in [-0.4, -0.2) is 12.2 Å². The molecule has 10 heavy (non-hydrogen) atoms. The SMILES string of the molecule is COc1ccc(C[OH2+])cc1. The van der Waals surface area contributed by atoms with Crippen molar-refractivity contribution in [2.24, 2.45) is 0 Å². The molecule has 0 fully saturated rings. The second-order valence-electron chi connectivity index (χ2n) is 2.02. The largest absolute Gasteiger partial charge is 0.497 e. The van der Waals surface area contributed by atoms with Crippen LogP contribution in [0.3, 0.4) is 0 Å². The average molecular weight is 139 g/mol. The van der Waals surface area contributed by atoms with Crippen LogP contribution in [0.1, 0.15) is 5.56 Å². The maximum atomic E-state index is 7.03. The van der Waals surface area contributed by atoms with Gasteiger partial charge in [0.15, 0.2) is 6.61 Å². The van der Waals surface area contributed by atoms with E-state index in [2.05, 4.69) is 0 Å². The van der Waals surface area contributed by atoms with Crippen molar-refractivity contribution in [1.82, 2.24) is 0 Å². The van der Waals surface area contributed by atoms with Gasteiger partial charge in [0.2, 0.25) is 0 Å². The third-order valence-corrected chi connectivity index (χ3v) is 1.36. The molecule has 0 radical (unpaired) electrons. The van der Waals surface area contributed by atoms with Gasteiger partial charge in [-0.15, -0.1) is 0 Å². The average Bonchev–Trinajstić information content (AvgIpc) is 2.05. The first kappa shape index (κ1) is 7.09. The van der Waals surface area contributed by atoms with Crippen molar-refractivity contribution in [1.29, 1.82) is 0 Å². The zero-order valence-corrected chi connectivity index (χ0v) is 5.92. The van der Waals surface area contributed by atoms with Crippen LogP contribution in [0.5, 0.6) is 5.75 Å². The third-order valence-electron chi connectivity index (χ3n) is 1.36.